The molecule has 3 N–H and O–H groups in total. The van der Waals surface area contributed by atoms with Gasteiger partial charge in [-0.1, -0.05) is 12.1 Å². The molecule has 0 saturated carbocycles. The molecule has 1 aromatic carbocycles. The summed E-state index contributed by atoms with van der Waals surface area (Å²) in [5, 5.41) is 7.86. The van der Waals surface area contributed by atoms with Gasteiger partial charge in [0.05, 0.1) is 13.2 Å². The molecule has 6 nitrogen and oxygen atoms in total. The molecule has 0 fully saturated rings. The van der Waals surface area contributed by atoms with Crippen molar-refractivity contribution in [3.05, 3.63) is 35.7 Å². The van der Waals surface area contributed by atoms with Crippen LogP contribution in [-0.4, -0.2) is 35.0 Å². The van der Waals surface area contributed by atoms with E-state index in [0.717, 1.165) is 30.5 Å². The van der Waals surface area contributed by atoms with Gasteiger partial charge in [-0.15, -0.1) is 0 Å². The van der Waals surface area contributed by atoms with Crippen molar-refractivity contribution in [2.75, 3.05) is 25.5 Å². The lowest BCUT2D eigenvalue weighted by atomic mass is 10.0. The van der Waals surface area contributed by atoms with Gasteiger partial charge in [0.25, 0.3) is 0 Å². The predicted octanol–water partition coefficient (Wildman–Crippen LogP) is 1.19. The van der Waals surface area contributed by atoms with Crippen molar-refractivity contribution >= 4 is 5.95 Å². The fraction of sp³-hybridized carbons (Fsp3) is 0.429. The van der Waals surface area contributed by atoms with E-state index >= 15 is 0 Å². The maximum absolute atomic E-state index is 5.57. The number of ether oxygens (including phenoxy) is 1. The van der Waals surface area contributed by atoms with Crippen LogP contribution in [-0.2, 0) is 6.42 Å². The SMILES string of the molecule is COc1ccc(C2CCNc3nc(CCN)nn32)cc1. The number of anilines is 1. The molecule has 0 aliphatic carbocycles. The number of rotatable bonds is 4. The highest BCUT2D eigenvalue weighted by molar-refractivity contribution is 5.35. The molecule has 1 aliphatic heterocycles. The fourth-order valence-corrected chi connectivity index (χ4v) is 2.52. The van der Waals surface area contributed by atoms with E-state index in [1.165, 1.54) is 5.56 Å². The van der Waals surface area contributed by atoms with E-state index in [1.54, 1.807) is 7.11 Å². The van der Waals surface area contributed by atoms with Gasteiger partial charge in [0.2, 0.25) is 5.95 Å². The van der Waals surface area contributed by atoms with Crippen LogP contribution in [0.3, 0.4) is 0 Å². The molecule has 0 amide bonds. The van der Waals surface area contributed by atoms with Gasteiger partial charge in [-0.2, -0.15) is 10.1 Å². The molecule has 1 aliphatic rings. The number of nitrogens with one attached hydrogen (secondary N) is 1. The maximum Gasteiger partial charge on any atom is 0.221 e. The van der Waals surface area contributed by atoms with Crippen molar-refractivity contribution in [2.45, 2.75) is 18.9 Å². The largest absolute Gasteiger partial charge is 0.497 e. The smallest absolute Gasteiger partial charge is 0.221 e. The first-order valence-corrected chi connectivity index (χ1v) is 6.85. The van der Waals surface area contributed by atoms with Crippen molar-refractivity contribution in [1.29, 1.82) is 0 Å². The number of methoxy groups -OCH3 is 1. The summed E-state index contributed by atoms with van der Waals surface area (Å²) in [7, 11) is 1.67. The summed E-state index contributed by atoms with van der Waals surface area (Å²) >= 11 is 0. The third kappa shape index (κ3) is 2.34. The minimum atomic E-state index is 0.219. The van der Waals surface area contributed by atoms with Gasteiger partial charge >= 0.3 is 0 Å². The first-order chi connectivity index (χ1) is 9.81. The van der Waals surface area contributed by atoms with E-state index in [2.05, 4.69) is 27.5 Å². The van der Waals surface area contributed by atoms with Crippen LogP contribution < -0.4 is 15.8 Å². The summed E-state index contributed by atoms with van der Waals surface area (Å²) in [6, 6.07) is 8.35. The van der Waals surface area contributed by atoms with Crippen LogP contribution >= 0.6 is 0 Å². The zero-order valence-electron chi connectivity index (χ0n) is 11.5. The first-order valence-electron chi connectivity index (χ1n) is 6.85. The van der Waals surface area contributed by atoms with Crippen molar-refractivity contribution in [3.8, 4) is 5.75 Å². The first kappa shape index (κ1) is 12.9. The third-order valence-electron chi connectivity index (χ3n) is 3.54. The van der Waals surface area contributed by atoms with E-state index < -0.39 is 0 Å². The van der Waals surface area contributed by atoms with E-state index in [1.807, 2.05) is 16.8 Å². The summed E-state index contributed by atoms with van der Waals surface area (Å²) in [5.74, 6) is 2.50. The summed E-state index contributed by atoms with van der Waals surface area (Å²) in [4.78, 5) is 4.49. The summed E-state index contributed by atoms with van der Waals surface area (Å²) in [6.45, 7) is 1.47. The normalized spacial score (nSPS) is 17.4. The van der Waals surface area contributed by atoms with Crippen LogP contribution in [0.25, 0.3) is 0 Å². The van der Waals surface area contributed by atoms with Crippen LogP contribution in [0.15, 0.2) is 24.3 Å². The molecule has 2 heterocycles. The van der Waals surface area contributed by atoms with E-state index in [9.17, 15) is 0 Å². The van der Waals surface area contributed by atoms with Gasteiger partial charge in [0.15, 0.2) is 5.82 Å². The Morgan fingerprint density at radius 1 is 1.40 bits per heavy atom. The summed E-state index contributed by atoms with van der Waals surface area (Å²) in [6.07, 6.45) is 1.70. The predicted molar refractivity (Wildman–Crippen MR) is 77.0 cm³/mol. The second kappa shape index (κ2) is 5.50. The minimum Gasteiger partial charge on any atom is -0.497 e. The molecule has 1 aromatic heterocycles. The van der Waals surface area contributed by atoms with Crippen LogP contribution in [0.1, 0.15) is 23.9 Å². The van der Waals surface area contributed by atoms with Gasteiger partial charge in [-0.05, 0) is 30.7 Å². The van der Waals surface area contributed by atoms with Crippen LogP contribution in [0.2, 0.25) is 0 Å². The molecule has 1 unspecified atom stereocenters. The Morgan fingerprint density at radius 2 is 2.20 bits per heavy atom. The number of fused-ring (bicyclic) bond motifs is 1. The number of nitrogens with two attached hydrogens (primary N) is 1. The highest BCUT2D eigenvalue weighted by Gasteiger charge is 2.24. The summed E-state index contributed by atoms with van der Waals surface area (Å²) < 4.78 is 7.17. The number of hydrogen-bond acceptors (Lipinski definition) is 5. The van der Waals surface area contributed by atoms with Gasteiger partial charge in [0.1, 0.15) is 5.75 Å². The second-order valence-electron chi connectivity index (χ2n) is 4.84. The molecule has 3 rings (SSSR count). The zero-order valence-corrected chi connectivity index (χ0v) is 11.5. The lowest BCUT2D eigenvalue weighted by Gasteiger charge is -2.24. The molecule has 6 heteroatoms. The van der Waals surface area contributed by atoms with E-state index in [-0.39, 0.29) is 6.04 Å². The van der Waals surface area contributed by atoms with Crippen LogP contribution in [0.4, 0.5) is 5.95 Å². The molecule has 0 saturated heterocycles. The summed E-state index contributed by atoms with van der Waals surface area (Å²) in [5.41, 5.74) is 6.79. The second-order valence-corrected chi connectivity index (χ2v) is 4.84. The Labute approximate surface area is 118 Å². The molecule has 1 atom stereocenters. The Kier molecular flexibility index (Phi) is 3.56. The maximum atomic E-state index is 5.57. The van der Waals surface area contributed by atoms with E-state index in [0.29, 0.717) is 13.0 Å². The molecule has 0 bridgehead atoms. The third-order valence-corrected chi connectivity index (χ3v) is 3.54. The highest BCUT2D eigenvalue weighted by atomic mass is 16.5. The van der Waals surface area contributed by atoms with Crippen molar-refractivity contribution in [2.24, 2.45) is 5.73 Å². The molecule has 106 valence electrons. The van der Waals surface area contributed by atoms with Crippen molar-refractivity contribution in [3.63, 3.8) is 0 Å². The van der Waals surface area contributed by atoms with E-state index in [4.69, 9.17) is 10.5 Å². The van der Waals surface area contributed by atoms with Gasteiger partial charge < -0.3 is 15.8 Å². The Bertz CT molecular complexity index is 578. The fourth-order valence-electron chi connectivity index (χ4n) is 2.52. The minimum absolute atomic E-state index is 0.219. The van der Waals surface area contributed by atoms with Gasteiger partial charge in [-0.25, -0.2) is 4.68 Å². The zero-order chi connectivity index (χ0) is 13.9. The highest BCUT2D eigenvalue weighted by Crippen LogP contribution is 2.29. The monoisotopic (exact) mass is 273 g/mol. The quantitative estimate of drug-likeness (QED) is 0.875. The van der Waals surface area contributed by atoms with Crippen molar-refractivity contribution in [1.82, 2.24) is 14.8 Å². The van der Waals surface area contributed by atoms with Crippen molar-refractivity contribution < 1.29 is 4.74 Å². The molecule has 0 spiro atoms. The molecular weight excluding hydrogens is 254 g/mol. The van der Waals surface area contributed by atoms with Crippen LogP contribution in [0.5, 0.6) is 5.75 Å². The Hall–Kier alpha value is -2.08. The van der Waals surface area contributed by atoms with Crippen LogP contribution in [0, 0.1) is 0 Å². The molecule has 0 radical (unpaired) electrons. The standard InChI is InChI=1S/C14H19N5O/c1-20-11-4-2-10(3-5-11)12-7-9-16-14-17-13(6-8-15)18-19(12)14/h2-5,12H,6-9,15H2,1H3,(H,16,17,18). The topological polar surface area (TPSA) is 78.0 Å². The molecular formula is C14H19N5O. The van der Waals surface area contributed by atoms with Gasteiger partial charge in [-0.3, -0.25) is 0 Å². The molecule has 20 heavy (non-hydrogen) atoms. The van der Waals surface area contributed by atoms with Gasteiger partial charge in [0, 0.05) is 13.0 Å². The number of benzene rings is 1. The number of hydrogen-bond donors (Lipinski definition) is 2. The Balaban J connectivity index is 1.91. The lowest BCUT2D eigenvalue weighted by molar-refractivity contribution is 0.413. The number of aromatic nitrogens is 3. The average molecular weight is 273 g/mol. The lowest BCUT2D eigenvalue weighted by Crippen LogP contribution is -2.24. The number of nitrogens with zero attached hydrogens (tertiary/aromatic N) is 3. The molecule has 2 aromatic rings. The Morgan fingerprint density at radius 3 is 2.90 bits per heavy atom. The average Bonchev–Trinajstić information content (AvgIpc) is 2.90.